The Balaban J connectivity index is 1.34. The van der Waals surface area contributed by atoms with E-state index in [1.807, 2.05) is 17.0 Å². The van der Waals surface area contributed by atoms with Crippen molar-refractivity contribution in [2.75, 3.05) is 26.2 Å². The predicted octanol–water partition coefficient (Wildman–Crippen LogP) is 8.00. The van der Waals surface area contributed by atoms with Crippen molar-refractivity contribution < 1.29 is 18.3 Å². The first-order chi connectivity index (χ1) is 19.2. The number of halogens is 3. The van der Waals surface area contributed by atoms with Crippen LogP contribution in [-0.4, -0.2) is 48.0 Å². The Morgan fingerprint density at radius 3 is 2.80 bits per heavy atom. The number of alkyl halides is 2. The summed E-state index contributed by atoms with van der Waals surface area (Å²) in [4.78, 5) is 19.6. The molecule has 40 heavy (non-hydrogen) atoms. The largest absolute Gasteiger partial charge is 0.465 e. The molecule has 1 aromatic rings. The van der Waals surface area contributed by atoms with Crippen LogP contribution < -0.4 is 5.32 Å². The highest BCUT2D eigenvalue weighted by Gasteiger charge is 2.46. The van der Waals surface area contributed by atoms with Gasteiger partial charge in [-0.1, -0.05) is 23.8 Å². The van der Waals surface area contributed by atoms with Crippen molar-refractivity contribution in [2.24, 2.45) is 5.92 Å². The summed E-state index contributed by atoms with van der Waals surface area (Å²) < 4.78 is 37.5. The van der Waals surface area contributed by atoms with Crippen LogP contribution in [0.1, 0.15) is 102 Å². The lowest BCUT2D eigenvalue weighted by atomic mass is 9.94. The van der Waals surface area contributed by atoms with Gasteiger partial charge < -0.3 is 10.1 Å². The molecule has 1 saturated carbocycles. The van der Waals surface area contributed by atoms with Crippen LogP contribution in [0.4, 0.5) is 8.78 Å². The monoisotopic (exact) mass is 667 g/mol. The maximum atomic E-state index is 15.5. The van der Waals surface area contributed by atoms with Gasteiger partial charge in [-0.2, -0.15) is 0 Å². The van der Waals surface area contributed by atoms with E-state index in [9.17, 15) is 4.79 Å². The van der Waals surface area contributed by atoms with E-state index in [1.165, 1.54) is 20.4 Å². The first-order valence-corrected chi connectivity index (χ1v) is 16.0. The van der Waals surface area contributed by atoms with Gasteiger partial charge >= 0.3 is 5.97 Å². The number of esters is 1. The Hall–Kier alpha value is -1.81. The van der Waals surface area contributed by atoms with Gasteiger partial charge in [0.1, 0.15) is 6.04 Å². The summed E-state index contributed by atoms with van der Waals surface area (Å²) in [5.41, 5.74) is 5.53. The first-order valence-electron chi connectivity index (χ1n) is 14.9. The highest BCUT2D eigenvalue weighted by Crippen LogP contribution is 2.45. The number of nitrogens with one attached hydrogen (secondary N) is 1. The molecule has 1 aliphatic carbocycles. The van der Waals surface area contributed by atoms with E-state index in [4.69, 9.17) is 4.74 Å². The molecule has 3 heterocycles. The second-order valence-corrected chi connectivity index (χ2v) is 12.7. The molecule has 3 aliphatic rings. The molecule has 0 bridgehead atoms. The van der Waals surface area contributed by atoms with Crippen molar-refractivity contribution in [1.29, 1.82) is 0 Å². The van der Waals surface area contributed by atoms with Crippen LogP contribution in [0, 0.1) is 5.92 Å². The maximum Gasteiger partial charge on any atom is 0.328 e. The Morgan fingerprint density at radius 2 is 2.10 bits per heavy atom. The number of aromatic nitrogens is 1. The molecule has 1 saturated heterocycles. The number of nitrogens with zero attached hydrogens (tertiary/aromatic N) is 2. The molecular weight excluding hydrogens is 623 g/mol. The van der Waals surface area contributed by atoms with Crippen LogP contribution in [0.25, 0.3) is 0 Å². The molecule has 2 aliphatic heterocycles. The third-order valence-corrected chi connectivity index (χ3v) is 9.42. The summed E-state index contributed by atoms with van der Waals surface area (Å²) in [6.07, 6.45) is 12.7. The zero-order valence-corrected chi connectivity index (χ0v) is 26.3. The Bertz CT molecular complexity index is 1120. The minimum absolute atomic E-state index is 0.122. The number of rotatable bonds is 13. The van der Waals surface area contributed by atoms with E-state index in [1.54, 1.807) is 13.1 Å². The minimum atomic E-state index is -2.77. The van der Waals surface area contributed by atoms with E-state index in [-0.39, 0.29) is 25.5 Å². The van der Waals surface area contributed by atoms with Gasteiger partial charge in [0.15, 0.2) is 0 Å². The van der Waals surface area contributed by atoms with Crippen molar-refractivity contribution in [3.05, 3.63) is 62.2 Å². The molecule has 2 atom stereocenters. The molecule has 0 aromatic carbocycles. The normalized spacial score (nSPS) is 21.0. The number of pyridine rings is 1. The van der Waals surface area contributed by atoms with Gasteiger partial charge in [-0.15, -0.1) is 0 Å². The van der Waals surface area contributed by atoms with Crippen LogP contribution in [0.15, 0.2) is 50.9 Å². The van der Waals surface area contributed by atoms with Gasteiger partial charge in [0.2, 0.25) is 0 Å². The highest BCUT2D eigenvalue weighted by atomic mass is 127. The molecule has 8 heteroatoms. The fourth-order valence-electron chi connectivity index (χ4n) is 5.86. The molecule has 2 fully saturated rings. The Kier molecular flexibility index (Phi) is 11.2. The van der Waals surface area contributed by atoms with Crippen LogP contribution in [0.3, 0.4) is 0 Å². The molecule has 5 nitrogen and oxygen atoms in total. The zero-order valence-electron chi connectivity index (χ0n) is 24.2. The number of allylic oxidation sites excluding steroid dienone is 5. The van der Waals surface area contributed by atoms with E-state index in [2.05, 4.69) is 58.9 Å². The van der Waals surface area contributed by atoms with Crippen LogP contribution in [0.5, 0.6) is 0 Å². The number of ether oxygens (including phenoxy) is 1. The van der Waals surface area contributed by atoms with Gasteiger partial charge in [-0.05, 0) is 118 Å². The summed E-state index contributed by atoms with van der Waals surface area (Å²) in [6, 6.07) is 3.08. The van der Waals surface area contributed by atoms with Gasteiger partial charge in [-0.25, -0.2) is 13.6 Å². The number of likely N-dealkylation sites (tertiary alicyclic amines) is 1. The van der Waals surface area contributed by atoms with E-state index in [0.717, 1.165) is 56.3 Å². The number of carbonyl (C=O) groups excluding carboxylic acids is 1. The molecule has 0 radical (unpaired) electrons. The second kappa shape index (κ2) is 14.4. The molecule has 0 spiro atoms. The Labute approximate surface area is 252 Å². The third-order valence-electron chi connectivity index (χ3n) is 8.34. The van der Waals surface area contributed by atoms with Gasteiger partial charge in [-0.3, -0.25) is 9.88 Å². The van der Waals surface area contributed by atoms with E-state index >= 15 is 8.78 Å². The van der Waals surface area contributed by atoms with E-state index < -0.39 is 17.9 Å². The fraction of sp³-hybridized carbons (Fsp3) is 0.625. The summed E-state index contributed by atoms with van der Waals surface area (Å²) in [5.74, 6) is -3.54. The topological polar surface area (TPSA) is 54.5 Å². The number of hydrogen-bond acceptors (Lipinski definition) is 5. The van der Waals surface area contributed by atoms with Crippen LogP contribution in [-0.2, 0) is 9.53 Å². The maximum absolute atomic E-state index is 15.5. The quantitative estimate of drug-likeness (QED) is 0.0760. The average molecular weight is 668 g/mol. The zero-order chi connectivity index (χ0) is 28.7. The molecule has 1 aromatic heterocycles. The number of unbranched alkanes of at least 4 members (excludes halogenated alkanes) is 1. The second-order valence-electron chi connectivity index (χ2n) is 11.6. The van der Waals surface area contributed by atoms with Crippen LogP contribution in [0.2, 0.25) is 0 Å². The predicted molar refractivity (Wildman–Crippen MR) is 164 cm³/mol. The van der Waals surface area contributed by atoms with Crippen molar-refractivity contribution >= 4 is 28.6 Å². The van der Waals surface area contributed by atoms with E-state index in [0.29, 0.717) is 25.3 Å². The number of carbonyl (C=O) groups is 1. The molecule has 220 valence electrons. The Morgan fingerprint density at radius 1 is 1.30 bits per heavy atom. The smallest absolute Gasteiger partial charge is 0.328 e. The fourth-order valence-corrected chi connectivity index (χ4v) is 6.58. The van der Waals surface area contributed by atoms with Gasteiger partial charge in [0.05, 0.1) is 10.3 Å². The summed E-state index contributed by atoms with van der Waals surface area (Å²) >= 11 is 2.35. The summed E-state index contributed by atoms with van der Waals surface area (Å²) in [7, 11) is 0. The summed E-state index contributed by atoms with van der Waals surface area (Å²) in [6.45, 7) is 7.90. The number of hydrogen-bond donors (Lipinski definition) is 1. The molecular formula is C32H44F2IN3O2. The lowest BCUT2D eigenvalue weighted by Crippen LogP contribution is -2.37. The van der Waals surface area contributed by atoms with Gasteiger partial charge in [0, 0.05) is 48.8 Å². The SMILES string of the molecule is CCOC(=O)C(c1cccnc1C1CC1)N1CC[C@@H](C(F)(F)CCCCC(/C=C\C2=C(I)NCCC2)=C(C)C)C1. The highest BCUT2D eigenvalue weighted by molar-refractivity contribution is 14.1. The van der Waals surface area contributed by atoms with Gasteiger partial charge in [0.25, 0.3) is 5.92 Å². The lowest BCUT2D eigenvalue weighted by molar-refractivity contribution is -0.150. The molecule has 1 N–H and O–H groups in total. The average Bonchev–Trinajstić information content (AvgIpc) is 3.65. The van der Waals surface area contributed by atoms with Crippen molar-refractivity contribution in [1.82, 2.24) is 15.2 Å². The third kappa shape index (κ3) is 8.14. The van der Waals surface area contributed by atoms with Crippen molar-refractivity contribution in [2.45, 2.75) is 96.4 Å². The van der Waals surface area contributed by atoms with Crippen LogP contribution >= 0.6 is 22.6 Å². The minimum Gasteiger partial charge on any atom is -0.465 e. The summed E-state index contributed by atoms with van der Waals surface area (Å²) in [5, 5.41) is 3.41. The lowest BCUT2D eigenvalue weighted by Gasteiger charge is -2.29. The standard InChI is InChI=1S/C32H44F2IN3O2/c1-4-40-31(39)29(27-11-8-18-36-28(27)24-13-14-24)38-20-16-26(21-38)32(33,34)17-6-5-9-23(22(2)3)12-15-25-10-7-19-37-30(25)35/h8,11-12,15,18,24,26,29,37H,4-7,9-10,13-14,16-17,19-21H2,1-3H3/b15-12-/t26-,29?/m1/s1. The molecule has 0 amide bonds. The first kappa shape index (κ1) is 31.1. The molecule has 1 unspecified atom stereocenters. The van der Waals surface area contributed by atoms with Crippen molar-refractivity contribution in [3.8, 4) is 0 Å². The van der Waals surface area contributed by atoms with Crippen molar-refractivity contribution in [3.63, 3.8) is 0 Å². The molecule has 4 rings (SSSR count).